The van der Waals surface area contributed by atoms with Crippen LogP contribution in [0.1, 0.15) is 30.0 Å². The summed E-state index contributed by atoms with van der Waals surface area (Å²) in [7, 11) is -1.78. The van der Waals surface area contributed by atoms with E-state index in [1.165, 1.54) is 11.6 Å². The van der Waals surface area contributed by atoms with Crippen LogP contribution in [-0.2, 0) is 21.4 Å². The first kappa shape index (κ1) is 27.2. The zero-order chi connectivity index (χ0) is 28.1. The lowest BCUT2D eigenvalue weighted by Crippen LogP contribution is -2.18. The molecule has 5 rings (SSSR count). The first-order valence-corrected chi connectivity index (χ1v) is 14.7. The number of fused-ring (bicyclic) bond motifs is 1. The van der Waals surface area contributed by atoms with Crippen molar-refractivity contribution in [2.45, 2.75) is 24.8 Å². The summed E-state index contributed by atoms with van der Waals surface area (Å²) in [5.41, 5.74) is 5.34. The van der Waals surface area contributed by atoms with Gasteiger partial charge in [0.2, 0.25) is 0 Å². The van der Waals surface area contributed by atoms with Gasteiger partial charge in [-0.1, -0.05) is 67.6 Å². The van der Waals surface area contributed by atoms with Gasteiger partial charge in [0.25, 0.3) is 15.9 Å². The van der Waals surface area contributed by atoms with Crippen LogP contribution in [0.4, 0.5) is 17.1 Å². The molecule has 40 heavy (non-hydrogen) atoms. The van der Waals surface area contributed by atoms with Gasteiger partial charge in [0.05, 0.1) is 16.2 Å². The number of anilines is 3. The SMILES string of the molecule is CCCN(C)Cc1ccc(NC(=C2C(=O)Nc3ccc(S(=O)(=O)Nc4ccccc4)cc32)c2ccccc2)cc1. The number of nitrogens with one attached hydrogen (secondary N) is 3. The normalized spacial score (nSPS) is 14.0. The number of sulfonamides is 1. The van der Waals surface area contributed by atoms with Gasteiger partial charge in [-0.15, -0.1) is 0 Å². The van der Waals surface area contributed by atoms with Crippen molar-refractivity contribution in [3.05, 3.63) is 120 Å². The van der Waals surface area contributed by atoms with E-state index in [4.69, 9.17) is 0 Å². The van der Waals surface area contributed by atoms with E-state index in [0.717, 1.165) is 30.8 Å². The monoisotopic (exact) mass is 552 g/mol. The second kappa shape index (κ2) is 11.8. The first-order chi connectivity index (χ1) is 19.3. The number of hydrogen-bond donors (Lipinski definition) is 3. The van der Waals surface area contributed by atoms with Crippen molar-refractivity contribution in [1.82, 2.24) is 4.90 Å². The quantitative estimate of drug-likeness (QED) is 0.202. The maximum atomic E-state index is 13.3. The molecule has 4 aromatic rings. The number of carbonyl (C=O) groups is 1. The molecule has 0 saturated heterocycles. The highest BCUT2D eigenvalue weighted by Crippen LogP contribution is 2.39. The summed E-state index contributed by atoms with van der Waals surface area (Å²) in [4.78, 5) is 15.7. The topological polar surface area (TPSA) is 90.5 Å². The number of benzene rings is 4. The Kier molecular flexibility index (Phi) is 8.00. The molecule has 0 spiro atoms. The average molecular weight is 553 g/mol. The number of para-hydroxylation sites is 1. The number of carbonyl (C=O) groups excluding carboxylic acids is 1. The van der Waals surface area contributed by atoms with Crippen molar-refractivity contribution >= 4 is 44.3 Å². The van der Waals surface area contributed by atoms with E-state index in [1.54, 1.807) is 36.4 Å². The average Bonchev–Trinajstić information content (AvgIpc) is 3.28. The van der Waals surface area contributed by atoms with Gasteiger partial charge >= 0.3 is 0 Å². The number of amides is 1. The Morgan fingerprint density at radius 2 is 1.52 bits per heavy atom. The van der Waals surface area contributed by atoms with Gasteiger partial charge in [0.1, 0.15) is 0 Å². The minimum atomic E-state index is -3.88. The van der Waals surface area contributed by atoms with Gasteiger partial charge in [0, 0.05) is 29.2 Å². The molecule has 8 heteroatoms. The summed E-state index contributed by atoms with van der Waals surface area (Å²) in [5.74, 6) is -0.301. The fraction of sp³-hybridized carbons (Fsp3) is 0.156. The van der Waals surface area contributed by atoms with Gasteiger partial charge in [-0.3, -0.25) is 9.52 Å². The predicted molar refractivity (Wildman–Crippen MR) is 162 cm³/mol. The van der Waals surface area contributed by atoms with Crippen LogP contribution in [0.15, 0.2) is 108 Å². The van der Waals surface area contributed by atoms with Crippen LogP contribution in [0.3, 0.4) is 0 Å². The molecule has 0 atom stereocenters. The Bertz CT molecular complexity index is 1640. The predicted octanol–water partition coefficient (Wildman–Crippen LogP) is 6.26. The van der Waals surface area contributed by atoms with Crippen LogP contribution >= 0.6 is 0 Å². The number of hydrogen-bond acceptors (Lipinski definition) is 5. The minimum Gasteiger partial charge on any atom is -0.354 e. The molecule has 3 N–H and O–H groups in total. The van der Waals surface area contributed by atoms with Crippen LogP contribution < -0.4 is 15.4 Å². The molecule has 0 fully saturated rings. The molecule has 1 amide bonds. The number of nitrogens with zero attached hydrogens (tertiary/aromatic N) is 1. The van der Waals surface area contributed by atoms with Crippen molar-refractivity contribution in [3.8, 4) is 0 Å². The van der Waals surface area contributed by atoms with Gasteiger partial charge in [-0.2, -0.15) is 0 Å². The molecule has 0 bridgehead atoms. The van der Waals surface area contributed by atoms with Crippen LogP contribution in [0.2, 0.25) is 0 Å². The van der Waals surface area contributed by atoms with Crippen molar-refractivity contribution in [2.24, 2.45) is 0 Å². The van der Waals surface area contributed by atoms with Gasteiger partial charge in [-0.05, 0) is 73.6 Å². The van der Waals surface area contributed by atoms with Crippen molar-refractivity contribution in [2.75, 3.05) is 28.9 Å². The van der Waals surface area contributed by atoms with E-state index in [9.17, 15) is 13.2 Å². The summed E-state index contributed by atoms with van der Waals surface area (Å²) < 4.78 is 29.0. The largest absolute Gasteiger partial charge is 0.354 e. The Morgan fingerprint density at radius 3 is 2.20 bits per heavy atom. The molecule has 0 unspecified atom stereocenters. The lowest BCUT2D eigenvalue weighted by atomic mass is 10.00. The van der Waals surface area contributed by atoms with Gasteiger partial charge < -0.3 is 15.5 Å². The Morgan fingerprint density at radius 1 is 0.850 bits per heavy atom. The molecule has 0 aromatic heterocycles. The van der Waals surface area contributed by atoms with Gasteiger partial charge in [0.15, 0.2) is 0 Å². The molecule has 0 saturated carbocycles. The smallest absolute Gasteiger partial charge is 0.261 e. The maximum absolute atomic E-state index is 13.3. The zero-order valence-corrected chi connectivity index (χ0v) is 23.3. The molecule has 7 nitrogen and oxygen atoms in total. The third-order valence-electron chi connectivity index (χ3n) is 6.67. The Balaban J connectivity index is 1.53. The Labute approximate surface area is 235 Å². The second-order valence-electron chi connectivity index (χ2n) is 9.81. The molecule has 0 radical (unpaired) electrons. The summed E-state index contributed by atoms with van der Waals surface area (Å²) in [6, 6.07) is 31.1. The van der Waals surface area contributed by atoms with E-state index in [2.05, 4.69) is 46.4 Å². The molecule has 4 aromatic carbocycles. The third-order valence-corrected chi connectivity index (χ3v) is 8.04. The van der Waals surface area contributed by atoms with E-state index < -0.39 is 10.0 Å². The summed E-state index contributed by atoms with van der Waals surface area (Å²) in [6.45, 7) is 4.04. The second-order valence-corrected chi connectivity index (χ2v) is 11.5. The highest BCUT2D eigenvalue weighted by molar-refractivity contribution is 7.92. The van der Waals surface area contributed by atoms with Crippen molar-refractivity contribution < 1.29 is 13.2 Å². The molecule has 1 heterocycles. The lowest BCUT2D eigenvalue weighted by Gasteiger charge is -2.17. The van der Waals surface area contributed by atoms with E-state index in [0.29, 0.717) is 28.2 Å². The van der Waals surface area contributed by atoms with Crippen LogP contribution in [0, 0.1) is 0 Å². The first-order valence-electron chi connectivity index (χ1n) is 13.2. The third kappa shape index (κ3) is 6.09. The fourth-order valence-electron chi connectivity index (χ4n) is 4.78. The molecule has 1 aliphatic heterocycles. The standard InChI is InChI=1S/C32H32N4O3S/c1-3-20-36(2)22-23-14-16-25(17-15-23)33-31(24-10-6-4-7-11-24)30-28-21-27(18-19-29(28)34-32(30)37)40(38,39)35-26-12-8-5-9-13-26/h4-19,21,33,35H,3,20,22H2,1-2H3,(H,34,37). The fourth-order valence-corrected chi connectivity index (χ4v) is 5.86. The highest BCUT2D eigenvalue weighted by atomic mass is 32.2. The highest BCUT2D eigenvalue weighted by Gasteiger charge is 2.30. The van der Waals surface area contributed by atoms with Crippen molar-refractivity contribution in [3.63, 3.8) is 0 Å². The Hall–Kier alpha value is -4.40. The zero-order valence-electron chi connectivity index (χ0n) is 22.5. The van der Waals surface area contributed by atoms with Crippen LogP contribution in [0.5, 0.6) is 0 Å². The van der Waals surface area contributed by atoms with Crippen LogP contribution in [-0.4, -0.2) is 32.8 Å². The number of rotatable bonds is 10. The van der Waals surface area contributed by atoms with Crippen LogP contribution in [0.25, 0.3) is 11.3 Å². The van der Waals surface area contributed by atoms with E-state index >= 15 is 0 Å². The van der Waals surface area contributed by atoms with E-state index in [1.807, 2.05) is 48.5 Å². The molecule has 1 aliphatic rings. The minimum absolute atomic E-state index is 0.0667. The molecular weight excluding hydrogens is 520 g/mol. The molecular formula is C32H32N4O3S. The molecule has 0 aliphatic carbocycles. The molecule has 204 valence electrons. The lowest BCUT2D eigenvalue weighted by molar-refractivity contribution is -0.110. The maximum Gasteiger partial charge on any atom is 0.261 e. The summed E-state index contributed by atoms with van der Waals surface area (Å²) in [6.07, 6.45) is 1.10. The summed E-state index contributed by atoms with van der Waals surface area (Å²) >= 11 is 0. The van der Waals surface area contributed by atoms with Gasteiger partial charge in [-0.25, -0.2) is 8.42 Å². The summed E-state index contributed by atoms with van der Waals surface area (Å²) in [5, 5.41) is 6.35. The van der Waals surface area contributed by atoms with Crippen molar-refractivity contribution in [1.29, 1.82) is 0 Å². The van der Waals surface area contributed by atoms with E-state index in [-0.39, 0.29) is 10.8 Å².